The van der Waals surface area contributed by atoms with Crippen LogP contribution in [0.5, 0.6) is 0 Å². The van der Waals surface area contributed by atoms with Gasteiger partial charge >= 0.3 is 0 Å². The first-order valence-electron chi connectivity index (χ1n) is 4.27. The zero-order valence-electron chi connectivity index (χ0n) is 8.45. The van der Waals surface area contributed by atoms with Gasteiger partial charge < -0.3 is 10.3 Å². The van der Waals surface area contributed by atoms with Crippen LogP contribution in [0.2, 0.25) is 0 Å². The highest BCUT2D eigenvalue weighted by Crippen LogP contribution is 2.28. The second-order valence-corrected chi connectivity index (χ2v) is 4.00. The molecule has 1 aromatic rings. The van der Waals surface area contributed by atoms with Gasteiger partial charge in [-0.3, -0.25) is 0 Å². The Morgan fingerprint density at radius 2 is 2.14 bits per heavy atom. The summed E-state index contributed by atoms with van der Waals surface area (Å²) in [5.41, 5.74) is 2.50. The second-order valence-electron chi connectivity index (χ2n) is 3.21. The molecule has 14 heavy (non-hydrogen) atoms. The molecule has 0 spiro atoms. The zero-order valence-corrected chi connectivity index (χ0v) is 10.0. The van der Waals surface area contributed by atoms with Crippen LogP contribution in [0.1, 0.15) is 13.8 Å². The number of anilines is 2. The van der Waals surface area contributed by atoms with Gasteiger partial charge in [0, 0.05) is 13.1 Å². The van der Waals surface area contributed by atoms with Crippen LogP contribution in [-0.2, 0) is 0 Å². The maximum absolute atomic E-state index is 5.31. The number of aromatic nitrogens is 2. The molecule has 0 aliphatic heterocycles. The second kappa shape index (κ2) is 4.56. The molecular formula is C8H14BrN5. The van der Waals surface area contributed by atoms with Crippen LogP contribution in [0.4, 0.5) is 11.6 Å². The third-order valence-electron chi connectivity index (χ3n) is 2.02. The van der Waals surface area contributed by atoms with E-state index >= 15 is 0 Å². The Morgan fingerprint density at radius 1 is 1.50 bits per heavy atom. The predicted octanol–water partition coefficient (Wildman–Crippen LogP) is 1.37. The average molecular weight is 260 g/mol. The fraction of sp³-hybridized carbons (Fsp3) is 0.500. The van der Waals surface area contributed by atoms with Crippen LogP contribution in [0.25, 0.3) is 0 Å². The Labute approximate surface area is 91.8 Å². The van der Waals surface area contributed by atoms with Crippen LogP contribution in [0.15, 0.2) is 10.8 Å². The van der Waals surface area contributed by atoms with Crippen LogP contribution >= 0.6 is 15.9 Å². The molecule has 0 unspecified atom stereocenters. The Hall–Kier alpha value is -0.880. The van der Waals surface area contributed by atoms with Crippen molar-refractivity contribution < 1.29 is 0 Å². The molecule has 0 fully saturated rings. The van der Waals surface area contributed by atoms with E-state index in [0.717, 1.165) is 10.3 Å². The number of hydrazine groups is 1. The lowest BCUT2D eigenvalue weighted by molar-refractivity contribution is 0.739. The summed E-state index contributed by atoms with van der Waals surface area (Å²) in [4.78, 5) is 10.2. The van der Waals surface area contributed by atoms with Crippen LogP contribution in [0, 0.1) is 0 Å². The minimum atomic E-state index is 0.367. The van der Waals surface area contributed by atoms with Crippen molar-refractivity contribution in [2.24, 2.45) is 5.84 Å². The highest BCUT2D eigenvalue weighted by atomic mass is 79.9. The molecule has 6 heteroatoms. The minimum Gasteiger partial charge on any atom is -0.356 e. The lowest BCUT2D eigenvalue weighted by Crippen LogP contribution is -2.27. The smallest absolute Gasteiger partial charge is 0.159 e. The van der Waals surface area contributed by atoms with Crippen LogP contribution in [0.3, 0.4) is 0 Å². The molecule has 0 aliphatic rings. The number of halogens is 1. The van der Waals surface area contributed by atoms with E-state index < -0.39 is 0 Å². The molecule has 0 bridgehead atoms. The quantitative estimate of drug-likeness (QED) is 0.634. The van der Waals surface area contributed by atoms with Crippen molar-refractivity contribution in [3.63, 3.8) is 0 Å². The van der Waals surface area contributed by atoms with E-state index in [1.807, 2.05) is 11.9 Å². The van der Waals surface area contributed by atoms with Gasteiger partial charge in [0.25, 0.3) is 0 Å². The fourth-order valence-electron chi connectivity index (χ4n) is 0.952. The van der Waals surface area contributed by atoms with Crippen molar-refractivity contribution in [1.29, 1.82) is 0 Å². The SMILES string of the molecule is CC(C)N(C)c1ncnc(NN)c1Br. The first-order chi connectivity index (χ1) is 6.57. The normalized spacial score (nSPS) is 10.4. The standard InChI is InChI=1S/C8H14BrN5/c1-5(2)14(3)8-6(9)7(13-10)11-4-12-8/h4-5H,10H2,1-3H3,(H,11,12,13). The number of nitrogens with two attached hydrogens (primary N) is 1. The van der Waals surface area contributed by atoms with Crippen molar-refractivity contribution in [1.82, 2.24) is 9.97 Å². The lowest BCUT2D eigenvalue weighted by Gasteiger charge is -2.23. The van der Waals surface area contributed by atoms with E-state index in [4.69, 9.17) is 5.84 Å². The topological polar surface area (TPSA) is 67.1 Å². The van der Waals surface area contributed by atoms with E-state index in [9.17, 15) is 0 Å². The summed E-state index contributed by atoms with van der Waals surface area (Å²) < 4.78 is 0.777. The summed E-state index contributed by atoms with van der Waals surface area (Å²) in [6.07, 6.45) is 1.48. The van der Waals surface area contributed by atoms with E-state index in [2.05, 4.69) is 45.2 Å². The van der Waals surface area contributed by atoms with Gasteiger partial charge in [-0.1, -0.05) is 0 Å². The summed E-state index contributed by atoms with van der Waals surface area (Å²) in [5.74, 6) is 6.71. The van der Waals surface area contributed by atoms with Gasteiger partial charge in [0.15, 0.2) is 5.82 Å². The molecule has 0 atom stereocenters. The first kappa shape index (κ1) is 11.2. The Bertz CT molecular complexity index is 315. The van der Waals surface area contributed by atoms with E-state index in [0.29, 0.717) is 11.9 Å². The summed E-state index contributed by atoms with van der Waals surface area (Å²) in [6.45, 7) is 4.17. The van der Waals surface area contributed by atoms with E-state index in [1.165, 1.54) is 6.33 Å². The summed E-state index contributed by atoms with van der Waals surface area (Å²) in [5, 5.41) is 0. The molecule has 0 aliphatic carbocycles. The van der Waals surface area contributed by atoms with Crippen molar-refractivity contribution in [3.8, 4) is 0 Å². The summed E-state index contributed by atoms with van der Waals surface area (Å²) >= 11 is 3.40. The monoisotopic (exact) mass is 259 g/mol. The van der Waals surface area contributed by atoms with Gasteiger partial charge in [0.2, 0.25) is 0 Å². The lowest BCUT2D eigenvalue weighted by atomic mass is 10.3. The van der Waals surface area contributed by atoms with Gasteiger partial charge in [-0.05, 0) is 29.8 Å². The van der Waals surface area contributed by atoms with Gasteiger partial charge in [-0.15, -0.1) is 0 Å². The zero-order chi connectivity index (χ0) is 10.7. The molecule has 5 nitrogen and oxygen atoms in total. The summed E-state index contributed by atoms with van der Waals surface area (Å²) in [6, 6.07) is 0.367. The Morgan fingerprint density at radius 3 is 2.64 bits per heavy atom. The van der Waals surface area contributed by atoms with Gasteiger partial charge in [0.05, 0.1) is 0 Å². The Kier molecular flexibility index (Phi) is 3.65. The molecular weight excluding hydrogens is 246 g/mol. The molecule has 3 N–H and O–H groups in total. The third-order valence-corrected chi connectivity index (χ3v) is 2.75. The molecule has 78 valence electrons. The van der Waals surface area contributed by atoms with Gasteiger partial charge in [-0.2, -0.15) is 0 Å². The Balaban J connectivity index is 3.09. The number of nitrogen functional groups attached to an aromatic ring is 1. The number of nitrogens with one attached hydrogen (secondary N) is 1. The highest BCUT2D eigenvalue weighted by Gasteiger charge is 2.13. The molecule has 0 saturated carbocycles. The molecule has 1 aromatic heterocycles. The fourth-order valence-corrected chi connectivity index (χ4v) is 1.55. The molecule has 0 saturated heterocycles. The van der Waals surface area contributed by atoms with Gasteiger partial charge in [0.1, 0.15) is 16.6 Å². The number of rotatable bonds is 3. The van der Waals surface area contributed by atoms with Crippen LogP contribution < -0.4 is 16.2 Å². The minimum absolute atomic E-state index is 0.367. The third kappa shape index (κ3) is 2.13. The molecule has 0 radical (unpaired) electrons. The van der Waals surface area contributed by atoms with Crippen molar-refractivity contribution in [2.75, 3.05) is 17.4 Å². The average Bonchev–Trinajstić information content (AvgIpc) is 2.17. The number of hydrogen-bond donors (Lipinski definition) is 2. The molecule has 1 rings (SSSR count). The number of hydrogen-bond acceptors (Lipinski definition) is 5. The highest BCUT2D eigenvalue weighted by molar-refractivity contribution is 9.10. The predicted molar refractivity (Wildman–Crippen MR) is 61.1 cm³/mol. The largest absolute Gasteiger partial charge is 0.356 e. The molecule has 0 amide bonds. The van der Waals surface area contributed by atoms with E-state index in [-0.39, 0.29) is 0 Å². The van der Waals surface area contributed by atoms with Crippen molar-refractivity contribution in [3.05, 3.63) is 10.8 Å². The maximum atomic E-state index is 5.31. The van der Waals surface area contributed by atoms with Crippen LogP contribution in [-0.4, -0.2) is 23.1 Å². The number of nitrogens with zero attached hydrogens (tertiary/aromatic N) is 3. The van der Waals surface area contributed by atoms with Gasteiger partial charge in [-0.25, -0.2) is 15.8 Å². The summed E-state index contributed by atoms with van der Waals surface area (Å²) in [7, 11) is 1.97. The van der Waals surface area contributed by atoms with Crippen molar-refractivity contribution in [2.45, 2.75) is 19.9 Å². The molecule has 1 heterocycles. The molecule has 0 aromatic carbocycles. The van der Waals surface area contributed by atoms with Crippen molar-refractivity contribution >= 4 is 27.6 Å². The van der Waals surface area contributed by atoms with E-state index in [1.54, 1.807) is 0 Å². The maximum Gasteiger partial charge on any atom is 0.159 e. The first-order valence-corrected chi connectivity index (χ1v) is 5.07.